The molecular weight excluding hydrogens is 328 g/mol. The van der Waals surface area contributed by atoms with Gasteiger partial charge >= 0.3 is 0 Å². The summed E-state index contributed by atoms with van der Waals surface area (Å²) >= 11 is 3.52. The summed E-state index contributed by atoms with van der Waals surface area (Å²) < 4.78 is 1.10. The van der Waals surface area contributed by atoms with E-state index in [1.807, 2.05) is 12.1 Å². The predicted octanol–water partition coefficient (Wildman–Crippen LogP) is 3.87. The molecule has 4 heteroatoms. The SMILES string of the molecule is C[C@@H](NC1CCCc2[nH]c(=O)ccc21)c1cccc(Br)c1. The second kappa shape index (κ2) is 6.16. The molecule has 3 nitrogen and oxygen atoms in total. The highest BCUT2D eigenvalue weighted by molar-refractivity contribution is 9.10. The number of nitrogens with one attached hydrogen (secondary N) is 2. The van der Waals surface area contributed by atoms with Crippen molar-refractivity contribution >= 4 is 15.9 Å². The standard InChI is InChI=1S/C17H19BrN2O/c1-11(12-4-2-5-13(18)10-12)19-15-6-3-7-16-14(15)8-9-17(21)20-16/h2,4-5,8-11,15,19H,3,6-7H2,1H3,(H,20,21)/t11-,15?/m1/s1. The van der Waals surface area contributed by atoms with E-state index < -0.39 is 0 Å². The lowest BCUT2D eigenvalue weighted by molar-refractivity contribution is 0.411. The summed E-state index contributed by atoms with van der Waals surface area (Å²) in [7, 11) is 0. The summed E-state index contributed by atoms with van der Waals surface area (Å²) in [5.41, 5.74) is 3.59. The van der Waals surface area contributed by atoms with Crippen LogP contribution < -0.4 is 10.9 Å². The average Bonchev–Trinajstić information content (AvgIpc) is 2.47. The number of hydrogen-bond donors (Lipinski definition) is 2. The number of halogens is 1. The minimum absolute atomic E-state index is 0.00515. The van der Waals surface area contributed by atoms with Gasteiger partial charge in [-0.15, -0.1) is 0 Å². The molecule has 1 unspecified atom stereocenters. The minimum Gasteiger partial charge on any atom is -0.326 e. The smallest absolute Gasteiger partial charge is 0.248 e. The van der Waals surface area contributed by atoms with Crippen LogP contribution in [0.5, 0.6) is 0 Å². The number of aromatic nitrogens is 1. The third-order valence-electron chi connectivity index (χ3n) is 4.13. The molecule has 1 heterocycles. The molecule has 0 amide bonds. The van der Waals surface area contributed by atoms with Crippen LogP contribution in [0, 0.1) is 0 Å². The molecule has 2 N–H and O–H groups in total. The summed E-state index contributed by atoms with van der Waals surface area (Å²) in [4.78, 5) is 14.4. The summed E-state index contributed by atoms with van der Waals surface area (Å²) in [5.74, 6) is 0. The van der Waals surface area contributed by atoms with Crippen molar-refractivity contribution in [1.29, 1.82) is 0 Å². The molecule has 110 valence electrons. The molecule has 0 spiro atoms. The molecule has 0 radical (unpaired) electrons. The number of aryl methyl sites for hydroxylation is 1. The molecule has 1 aliphatic carbocycles. The molecule has 0 bridgehead atoms. The van der Waals surface area contributed by atoms with Gasteiger partial charge in [0.25, 0.3) is 0 Å². The van der Waals surface area contributed by atoms with Gasteiger partial charge in [0.1, 0.15) is 0 Å². The monoisotopic (exact) mass is 346 g/mol. The fraction of sp³-hybridized carbons (Fsp3) is 0.353. The Balaban J connectivity index is 1.82. The molecular formula is C17H19BrN2O. The Labute approximate surface area is 132 Å². The van der Waals surface area contributed by atoms with Gasteiger partial charge in [0, 0.05) is 28.3 Å². The zero-order valence-corrected chi connectivity index (χ0v) is 13.6. The quantitative estimate of drug-likeness (QED) is 0.885. The lowest BCUT2D eigenvalue weighted by Crippen LogP contribution is -2.29. The van der Waals surface area contributed by atoms with Crippen LogP contribution in [0.25, 0.3) is 0 Å². The molecule has 1 aromatic carbocycles. The van der Waals surface area contributed by atoms with Gasteiger partial charge in [0.2, 0.25) is 5.56 Å². The van der Waals surface area contributed by atoms with Crippen LogP contribution in [0.4, 0.5) is 0 Å². The van der Waals surface area contributed by atoms with Crippen LogP contribution in [-0.4, -0.2) is 4.98 Å². The Morgan fingerprint density at radius 3 is 3.00 bits per heavy atom. The summed E-state index contributed by atoms with van der Waals surface area (Å²) in [5, 5.41) is 3.70. The minimum atomic E-state index is -0.00515. The third-order valence-corrected chi connectivity index (χ3v) is 4.62. The highest BCUT2D eigenvalue weighted by Gasteiger charge is 2.22. The van der Waals surface area contributed by atoms with Gasteiger partial charge in [0.15, 0.2) is 0 Å². The van der Waals surface area contributed by atoms with Crippen LogP contribution in [0.15, 0.2) is 45.7 Å². The Kier molecular flexibility index (Phi) is 4.27. The van der Waals surface area contributed by atoms with E-state index in [1.54, 1.807) is 6.07 Å². The molecule has 0 saturated heterocycles. The fourth-order valence-electron chi connectivity index (χ4n) is 3.05. The predicted molar refractivity (Wildman–Crippen MR) is 88.4 cm³/mol. The fourth-order valence-corrected chi connectivity index (χ4v) is 3.46. The first kappa shape index (κ1) is 14.5. The molecule has 0 fully saturated rings. The van der Waals surface area contributed by atoms with Gasteiger partial charge in [0.05, 0.1) is 0 Å². The average molecular weight is 347 g/mol. The van der Waals surface area contributed by atoms with E-state index in [-0.39, 0.29) is 11.6 Å². The molecule has 2 atom stereocenters. The van der Waals surface area contributed by atoms with Crippen molar-refractivity contribution in [3.8, 4) is 0 Å². The molecule has 0 aliphatic heterocycles. The molecule has 21 heavy (non-hydrogen) atoms. The lowest BCUT2D eigenvalue weighted by Gasteiger charge is -2.29. The van der Waals surface area contributed by atoms with Crippen LogP contribution in [0.3, 0.4) is 0 Å². The van der Waals surface area contributed by atoms with E-state index >= 15 is 0 Å². The number of hydrogen-bond acceptors (Lipinski definition) is 2. The Morgan fingerprint density at radius 2 is 2.19 bits per heavy atom. The van der Waals surface area contributed by atoms with Crippen LogP contribution in [0.1, 0.15) is 48.7 Å². The van der Waals surface area contributed by atoms with E-state index in [9.17, 15) is 4.79 Å². The van der Waals surface area contributed by atoms with Crippen molar-refractivity contribution in [2.45, 2.75) is 38.3 Å². The molecule has 3 rings (SSSR count). The third kappa shape index (κ3) is 3.27. The van der Waals surface area contributed by atoms with Gasteiger partial charge in [-0.2, -0.15) is 0 Å². The highest BCUT2D eigenvalue weighted by atomic mass is 79.9. The first-order valence-electron chi connectivity index (χ1n) is 7.37. The van der Waals surface area contributed by atoms with Crippen LogP contribution in [0.2, 0.25) is 0 Å². The largest absolute Gasteiger partial charge is 0.326 e. The summed E-state index contributed by atoms with van der Waals surface area (Å²) in [6.45, 7) is 2.18. The molecule has 0 saturated carbocycles. The maximum atomic E-state index is 11.4. The Hall–Kier alpha value is -1.39. The number of benzene rings is 1. The summed E-state index contributed by atoms with van der Waals surface area (Å²) in [6, 6.07) is 12.6. The van der Waals surface area contributed by atoms with Gasteiger partial charge in [-0.25, -0.2) is 0 Å². The summed E-state index contributed by atoms with van der Waals surface area (Å²) in [6.07, 6.45) is 3.18. The molecule has 1 aliphatic rings. The zero-order chi connectivity index (χ0) is 14.8. The van der Waals surface area contributed by atoms with Crippen molar-refractivity contribution in [3.05, 3.63) is 68.0 Å². The maximum absolute atomic E-state index is 11.4. The molecule has 1 aromatic heterocycles. The van der Waals surface area contributed by atoms with Crippen molar-refractivity contribution in [2.75, 3.05) is 0 Å². The number of rotatable bonds is 3. The lowest BCUT2D eigenvalue weighted by atomic mass is 9.90. The first-order chi connectivity index (χ1) is 10.1. The van der Waals surface area contributed by atoms with Crippen molar-refractivity contribution < 1.29 is 0 Å². The van der Waals surface area contributed by atoms with Gasteiger partial charge in [-0.1, -0.05) is 34.1 Å². The number of aromatic amines is 1. The van der Waals surface area contributed by atoms with Crippen LogP contribution >= 0.6 is 15.9 Å². The number of H-pyrrole nitrogens is 1. The van der Waals surface area contributed by atoms with E-state index in [1.165, 1.54) is 11.1 Å². The van der Waals surface area contributed by atoms with Crippen molar-refractivity contribution in [1.82, 2.24) is 10.3 Å². The second-order valence-corrected chi connectivity index (χ2v) is 6.56. The van der Waals surface area contributed by atoms with Gasteiger partial charge in [-0.05, 0) is 49.4 Å². The first-order valence-corrected chi connectivity index (χ1v) is 8.16. The Bertz CT molecular complexity index is 695. The van der Waals surface area contributed by atoms with Crippen molar-refractivity contribution in [2.24, 2.45) is 0 Å². The van der Waals surface area contributed by atoms with E-state index in [0.29, 0.717) is 6.04 Å². The Morgan fingerprint density at radius 1 is 1.33 bits per heavy atom. The van der Waals surface area contributed by atoms with E-state index in [4.69, 9.17) is 0 Å². The highest BCUT2D eigenvalue weighted by Crippen LogP contribution is 2.30. The number of fused-ring (bicyclic) bond motifs is 1. The van der Waals surface area contributed by atoms with Crippen LogP contribution in [-0.2, 0) is 6.42 Å². The topological polar surface area (TPSA) is 44.9 Å². The molecule has 2 aromatic rings. The van der Waals surface area contributed by atoms with Gasteiger partial charge in [-0.3, -0.25) is 4.79 Å². The normalized spacial score (nSPS) is 19.0. The van der Waals surface area contributed by atoms with E-state index in [2.05, 4.69) is 51.4 Å². The maximum Gasteiger partial charge on any atom is 0.248 e. The number of pyridine rings is 1. The van der Waals surface area contributed by atoms with E-state index in [0.717, 1.165) is 29.4 Å². The van der Waals surface area contributed by atoms with Gasteiger partial charge < -0.3 is 10.3 Å². The second-order valence-electron chi connectivity index (χ2n) is 5.64. The van der Waals surface area contributed by atoms with Crippen molar-refractivity contribution in [3.63, 3.8) is 0 Å². The zero-order valence-electron chi connectivity index (χ0n) is 12.0.